The van der Waals surface area contributed by atoms with Crippen LogP contribution in [0.4, 0.5) is 13.2 Å². The van der Waals surface area contributed by atoms with Crippen LogP contribution in [-0.2, 0) is 27.9 Å². The predicted octanol–water partition coefficient (Wildman–Crippen LogP) is 9.16. The molecular formula is C28H46F3NO2Si2. The van der Waals surface area contributed by atoms with Crippen LogP contribution in [-0.4, -0.2) is 34.8 Å². The van der Waals surface area contributed by atoms with E-state index in [1.54, 1.807) is 12.1 Å². The smallest absolute Gasteiger partial charge is 0.417 e. The van der Waals surface area contributed by atoms with Gasteiger partial charge in [0.05, 0.1) is 5.52 Å². The van der Waals surface area contributed by atoms with Crippen molar-refractivity contribution in [3.63, 3.8) is 0 Å². The zero-order valence-corrected chi connectivity index (χ0v) is 25.9. The molecule has 2 rings (SSSR count). The number of rotatable bonds is 10. The Hall–Kier alpha value is -1.23. The molecule has 3 nitrogen and oxygen atoms in total. The van der Waals surface area contributed by atoms with E-state index in [9.17, 15) is 13.2 Å². The van der Waals surface area contributed by atoms with Crippen LogP contribution in [0.25, 0.3) is 10.9 Å². The Morgan fingerprint density at radius 1 is 0.722 bits per heavy atom. The normalized spacial score (nSPS) is 14.0. The van der Waals surface area contributed by atoms with E-state index < -0.39 is 28.5 Å². The van der Waals surface area contributed by atoms with Crippen molar-refractivity contribution >= 4 is 27.5 Å². The number of fused-ring (bicyclic) bond motifs is 1. The molecule has 0 unspecified atom stereocenters. The first-order valence-corrected chi connectivity index (χ1v) is 18.9. The lowest BCUT2D eigenvalue weighted by atomic mass is 9.93. The second kappa shape index (κ2) is 11.3. The topological polar surface area (TPSA) is 31.4 Å². The maximum Gasteiger partial charge on any atom is 0.433 e. The summed E-state index contributed by atoms with van der Waals surface area (Å²) in [6.45, 7) is 22.8. The first-order chi connectivity index (χ1) is 16.3. The maximum atomic E-state index is 14.2. The molecule has 0 amide bonds. The Labute approximate surface area is 218 Å². The second-order valence-electron chi connectivity index (χ2n) is 12.9. The lowest BCUT2D eigenvalue weighted by Gasteiger charge is -2.36. The van der Waals surface area contributed by atoms with Crippen molar-refractivity contribution in [2.45, 2.75) is 110 Å². The maximum absolute atomic E-state index is 14.2. The van der Waals surface area contributed by atoms with Crippen LogP contribution in [0.5, 0.6) is 0 Å². The van der Waals surface area contributed by atoms with Gasteiger partial charge in [-0.15, -0.1) is 0 Å². The van der Waals surface area contributed by atoms with Gasteiger partial charge in [-0.3, -0.25) is 0 Å². The van der Waals surface area contributed by atoms with Crippen molar-refractivity contribution in [1.29, 1.82) is 0 Å². The predicted molar refractivity (Wildman–Crippen MR) is 150 cm³/mol. The van der Waals surface area contributed by atoms with Crippen molar-refractivity contribution < 1.29 is 22.0 Å². The number of alkyl halides is 3. The fourth-order valence-corrected chi connectivity index (χ4v) is 5.87. The van der Waals surface area contributed by atoms with Crippen molar-refractivity contribution in [2.75, 3.05) is 13.2 Å². The van der Waals surface area contributed by atoms with Crippen molar-refractivity contribution in [3.05, 3.63) is 41.1 Å². The van der Waals surface area contributed by atoms with Crippen LogP contribution in [0.2, 0.25) is 36.3 Å². The number of hydrogen-bond donors (Lipinski definition) is 0. The lowest BCUT2D eigenvalue weighted by Crippen LogP contribution is -2.41. The first-order valence-electron chi connectivity index (χ1n) is 13.0. The highest BCUT2D eigenvalue weighted by molar-refractivity contribution is 6.74. The molecule has 0 aliphatic rings. The molecule has 0 aliphatic carbocycles. The molecular weight excluding hydrogens is 495 g/mol. The Kier molecular flexibility index (Phi) is 9.69. The molecule has 0 N–H and O–H groups in total. The summed E-state index contributed by atoms with van der Waals surface area (Å²) < 4.78 is 55.1. The quantitative estimate of drug-likeness (QED) is 0.222. The van der Waals surface area contributed by atoms with Crippen LogP contribution >= 0.6 is 0 Å². The molecule has 36 heavy (non-hydrogen) atoms. The van der Waals surface area contributed by atoms with E-state index in [1.165, 1.54) is 0 Å². The number of nitrogens with zero attached hydrogens (tertiary/aromatic N) is 1. The molecule has 0 fully saturated rings. The van der Waals surface area contributed by atoms with E-state index in [0.717, 1.165) is 10.9 Å². The Morgan fingerprint density at radius 2 is 1.17 bits per heavy atom. The number of pyridine rings is 1. The average molecular weight is 542 g/mol. The zero-order valence-electron chi connectivity index (χ0n) is 23.9. The summed E-state index contributed by atoms with van der Waals surface area (Å²) >= 11 is 0. The summed E-state index contributed by atoms with van der Waals surface area (Å²) in [7, 11) is -3.88. The van der Waals surface area contributed by atoms with E-state index in [4.69, 9.17) is 8.85 Å². The first kappa shape index (κ1) is 31.0. The standard InChI is InChI=1S/C28H46F3NO2Si2/c1-26(2,3)35(7,8)33-19-13-16-21-22-15-11-12-18-24(22)32-25(28(29,30)31)23(21)17-14-20-34-36(9,10)27(4,5)6/h11-12,15,18H,13-14,16-17,19-20H2,1-10H3. The summed E-state index contributed by atoms with van der Waals surface area (Å²) in [5, 5.41) is 0.956. The number of halogens is 3. The zero-order chi connectivity index (χ0) is 27.6. The Morgan fingerprint density at radius 3 is 1.61 bits per heavy atom. The van der Waals surface area contributed by atoms with Gasteiger partial charge < -0.3 is 8.85 Å². The molecule has 204 valence electrons. The monoisotopic (exact) mass is 541 g/mol. The van der Waals surface area contributed by atoms with Crippen LogP contribution < -0.4 is 0 Å². The van der Waals surface area contributed by atoms with E-state index in [-0.39, 0.29) is 10.1 Å². The highest BCUT2D eigenvalue weighted by atomic mass is 28.4. The van der Waals surface area contributed by atoms with Gasteiger partial charge in [0.2, 0.25) is 0 Å². The molecule has 0 bridgehead atoms. The number of aryl methyl sites for hydroxylation is 1. The SMILES string of the molecule is CC(C)(C)[Si](C)(C)OCCCc1c(C(F)(F)F)nc2ccccc2c1CCCO[Si](C)(C)C(C)(C)C. The van der Waals surface area contributed by atoms with Gasteiger partial charge in [0.1, 0.15) is 5.69 Å². The average Bonchev–Trinajstić information content (AvgIpc) is 2.72. The third-order valence-electron chi connectivity index (χ3n) is 8.06. The van der Waals surface area contributed by atoms with Crippen LogP contribution in [0, 0.1) is 0 Å². The third-order valence-corrected chi connectivity index (χ3v) is 17.1. The minimum absolute atomic E-state index is 0.0595. The number of aromatic nitrogens is 1. The van der Waals surface area contributed by atoms with Crippen LogP contribution in [0.3, 0.4) is 0 Å². The minimum atomic E-state index is -4.51. The number of para-hydroxylation sites is 1. The number of benzene rings is 1. The molecule has 0 aliphatic heterocycles. The van der Waals surface area contributed by atoms with Gasteiger partial charge in [-0.2, -0.15) is 13.2 Å². The molecule has 1 heterocycles. The molecule has 0 saturated carbocycles. The minimum Gasteiger partial charge on any atom is -0.417 e. The Balaban J connectivity index is 2.33. The molecule has 8 heteroatoms. The molecule has 1 aromatic carbocycles. The van der Waals surface area contributed by atoms with Gasteiger partial charge in [0, 0.05) is 18.6 Å². The van der Waals surface area contributed by atoms with Gasteiger partial charge in [-0.1, -0.05) is 59.7 Å². The molecule has 2 aromatic rings. The van der Waals surface area contributed by atoms with E-state index in [0.29, 0.717) is 50.0 Å². The lowest BCUT2D eigenvalue weighted by molar-refractivity contribution is -0.141. The fraction of sp³-hybridized carbons (Fsp3) is 0.679. The van der Waals surface area contributed by atoms with E-state index >= 15 is 0 Å². The van der Waals surface area contributed by atoms with Crippen molar-refractivity contribution in [1.82, 2.24) is 4.98 Å². The van der Waals surface area contributed by atoms with Gasteiger partial charge in [0.25, 0.3) is 0 Å². The largest absolute Gasteiger partial charge is 0.433 e. The molecule has 0 radical (unpaired) electrons. The Bertz CT molecular complexity index is 1020. The van der Waals surface area contributed by atoms with E-state index in [2.05, 4.69) is 72.7 Å². The molecule has 0 saturated heterocycles. The highest BCUT2D eigenvalue weighted by Gasteiger charge is 2.39. The summed E-state index contributed by atoms with van der Waals surface area (Å²) in [5.74, 6) is 0. The van der Waals surface area contributed by atoms with Crippen LogP contribution in [0.15, 0.2) is 24.3 Å². The molecule has 0 atom stereocenters. The summed E-state index contributed by atoms with van der Waals surface area (Å²) in [5.41, 5.74) is 0.701. The molecule has 1 aromatic heterocycles. The van der Waals surface area contributed by atoms with Crippen molar-refractivity contribution in [3.8, 4) is 0 Å². The van der Waals surface area contributed by atoms with Gasteiger partial charge in [-0.25, -0.2) is 4.98 Å². The van der Waals surface area contributed by atoms with E-state index in [1.807, 2.05) is 12.1 Å². The van der Waals surface area contributed by atoms with Gasteiger partial charge in [-0.05, 0) is 79.1 Å². The summed E-state index contributed by atoms with van der Waals surface area (Å²) in [6.07, 6.45) is -2.49. The van der Waals surface area contributed by atoms with Gasteiger partial charge in [0.15, 0.2) is 16.6 Å². The summed E-state index contributed by atoms with van der Waals surface area (Å²) in [6, 6.07) is 7.18. The number of hydrogen-bond acceptors (Lipinski definition) is 3. The molecule has 0 spiro atoms. The van der Waals surface area contributed by atoms with Crippen molar-refractivity contribution in [2.24, 2.45) is 0 Å². The van der Waals surface area contributed by atoms with Crippen LogP contribution in [0.1, 0.15) is 71.2 Å². The second-order valence-corrected chi connectivity index (χ2v) is 22.5. The third kappa shape index (κ3) is 7.65. The van der Waals surface area contributed by atoms with Gasteiger partial charge >= 0.3 is 6.18 Å². The highest BCUT2D eigenvalue weighted by Crippen LogP contribution is 2.39. The fourth-order valence-electron chi connectivity index (χ4n) is 3.69. The summed E-state index contributed by atoms with van der Waals surface area (Å²) in [4.78, 5) is 4.09.